The van der Waals surface area contributed by atoms with Crippen LogP contribution in [0.15, 0.2) is 90.6 Å². The van der Waals surface area contributed by atoms with Crippen LogP contribution in [0.3, 0.4) is 0 Å². The summed E-state index contributed by atoms with van der Waals surface area (Å²) in [6.07, 6.45) is -7.04. The number of amides is 1. The number of carbonyl (C=O) groups excluding carboxylic acids is 2. The van der Waals surface area contributed by atoms with Crippen LogP contribution in [0.1, 0.15) is 45.2 Å². The summed E-state index contributed by atoms with van der Waals surface area (Å²) in [6, 6.07) is 17.1. The molecule has 1 N–H and O–H groups in total. The number of nitrogens with zero attached hydrogens (tertiary/aromatic N) is 9. The summed E-state index contributed by atoms with van der Waals surface area (Å²) in [4.78, 5) is 73.8. The van der Waals surface area contributed by atoms with Crippen LogP contribution < -0.4 is 10.5 Å². The van der Waals surface area contributed by atoms with Crippen LogP contribution in [0.5, 0.6) is 0 Å². The van der Waals surface area contributed by atoms with Crippen LogP contribution in [0.2, 0.25) is 0 Å². The summed E-state index contributed by atoms with van der Waals surface area (Å²) in [7, 11) is 0. The summed E-state index contributed by atoms with van der Waals surface area (Å²) >= 11 is 11.2. The highest BCUT2D eigenvalue weighted by Gasteiger charge is 2.54. The molecule has 27 heteroatoms. The van der Waals surface area contributed by atoms with E-state index in [2.05, 4.69) is 24.8 Å². The van der Waals surface area contributed by atoms with Crippen molar-refractivity contribution in [2.45, 2.75) is 68.6 Å². The molecule has 0 radical (unpaired) electrons. The average molecular weight is 1040 g/mol. The summed E-state index contributed by atoms with van der Waals surface area (Å²) in [5.41, 5.74) is 0.979. The van der Waals surface area contributed by atoms with Crippen molar-refractivity contribution in [3.8, 4) is 0 Å². The minimum absolute atomic E-state index is 0.0448. The fraction of sp³-hybridized carbons (Fsp3) is 0.395. The number of ether oxygens (including phenoxy) is 3. The molecular weight excluding hydrogens is 999 g/mol. The second-order valence-corrected chi connectivity index (χ2v) is 22.1. The van der Waals surface area contributed by atoms with Crippen LogP contribution in [0, 0.1) is 6.57 Å². The number of imidazole rings is 1. The highest BCUT2D eigenvalue weighted by Crippen LogP contribution is 2.57. The summed E-state index contributed by atoms with van der Waals surface area (Å²) in [5, 5.41) is 0.520. The normalized spacial score (nSPS) is 29.1. The third kappa shape index (κ3) is 9.47. The van der Waals surface area contributed by atoms with Crippen molar-refractivity contribution in [2.75, 3.05) is 44.4 Å². The Labute approximate surface area is 406 Å². The predicted octanol–water partition coefficient (Wildman–Crippen LogP) is 5.15. The van der Waals surface area contributed by atoms with Crippen molar-refractivity contribution in [3.63, 3.8) is 0 Å². The van der Waals surface area contributed by atoms with Crippen LogP contribution in [0.4, 0.5) is 14.6 Å². The number of benzene rings is 2. The van der Waals surface area contributed by atoms with Gasteiger partial charge in [-0.1, -0.05) is 36.4 Å². The molecule has 2 unspecified atom stereocenters. The zero-order valence-electron chi connectivity index (χ0n) is 36.5. The maximum atomic E-state index is 17.1. The molecule has 0 saturated carbocycles. The van der Waals surface area contributed by atoms with Gasteiger partial charge in [0.2, 0.25) is 6.54 Å². The number of hydrogen-bond donors (Lipinski definition) is 1. The number of hydrogen-bond acceptors (Lipinski definition) is 17. The molecule has 3 saturated heterocycles. The van der Waals surface area contributed by atoms with Crippen molar-refractivity contribution in [1.82, 2.24) is 33.6 Å². The highest BCUT2D eigenvalue weighted by molar-refractivity contribution is 8.07. The van der Waals surface area contributed by atoms with E-state index in [9.17, 15) is 19.3 Å². The van der Waals surface area contributed by atoms with Crippen LogP contribution in [0.25, 0.3) is 27.0 Å². The fourth-order valence-corrected chi connectivity index (χ4v) is 12.2. The molecule has 3 fully saturated rings. The molecule has 366 valence electrons. The van der Waals surface area contributed by atoms with E-state index < -0.39 is 87.4 Å². The number of aromatic nitrogens is 7. The minimum Gasteiger partial charge on any atom is -0.460 e. The number of alkyl halides is 2. The van der Waals surface area contributed by atoms with Crippen LogP contribution >= 0.6 is 13.4 Å². The van der Waals surface area contributed by atoms with Crippen molar-refractivity contribution in [3.05, 3.63) is 124 Å². The summed E-state index contributed by atoms with van der Waals surface area (Å²) in [5.74, 6) is -0.511. The number of anilines is 1. The van der Waals surface area contributed by atoms with E-state index in [-0.39, 0.29) is 49.0 Å². The van der Waals surface area contributed by atoms with Crippen molar-refractivity contribution >= 4 is 76.9 Å². The van der Waals surface area contributed by atoms with Crippen molar-refractivity contribution in [2.24, 2.45) is 0 Å². The van der Waals surface area contributed by atoms with Gasteiger partial charge in [-0.3, -0.25) is 32.7 Å². The van der Waals surface area contributed by atoms with Gasteiger partial charge in [-0.25, -0.2) is 40.1 Å². The van der Waals surface area contributed by atoms with Crippen LogP contribution in [-0.4, -0.2) is 127 Å². The van der Waals surface area contributed by atoms with Gasteiger partial charge < -0.3 is 42.1 Å². The molecule has 1 amide bonds. The molecule has 2 aromatic carbocycles. The molecule has 10 atom stereocenters. The SMILES string of the molecule is [C-]#[N+]CCOP1(=S)OC[C@H]2O[C@@H](n3cc4c5c(ncnc53)N(C(=O)c3ccccc3)CCC4)[C@H](F)[C@@H]2OP(O)(=S)OC[C@H]2O[C@@H](n3cnc4c(=O)n(CCOC(=O)c5ccccc5)cnc43)[C@H](O1)[C@@H]2F. The maximum absolute atomic E-state index is 17.1. The van der Waals surface area contributed by atoms with Gasteiger partial charge in [0.25, 0.3) is 11.5 Å². The van der Waals surface area contributed by atoms with E-state index in [0.717, 1.165) is 5.56 Å². The first-order valence-corrected chi connectivity index (χ1v) is 27.0. The molecule has 2 bridgehead atoms. The molecule has 70 heavy (non-hydrogen) atoms. The van der Waals surface area contributed by atoms with Gasteiger partial charge >= 0.3 is 19.4 Å². The lowest BCUT2D eigenvalue weighted by atomic mass is 10.1. The Morgan fingerprint density at radius 2 is 1.60 bits per heavy atom. The molecule has 0 aliphatic carbocycles. The predicted molar refractivity (Wildman–Crippen MR) is 250 cm³/mol. The number of halogens is 2. The first kappa shape index (κ1) is 48.3. The first-order chi connectivity index (χ1) is 33.8. The van der Waals surface area contributed by atoms with Gasteiger partial charge in [-0.2, -0.15) is 0 Å². The monoisotopic (exact) mass is 1040 g/mol. The number of carbonyl (C=O) groups is 2. The Morgan fingerprint density at radius 1 is 0.857 bits per heavy atom. The Bertz CT molecular complexity index is 3150. The highest BCUT2D eigenvalue weighted by atomic mass is 32.5. The van der Waals surface area contributed by atoms with Crippen LogP contribution in [-0.2, 0) is 73.4 Å². The van der Waals surface area contributed by atoms with E-state index in [4.69, 9.17) is 67.0 Å². The second kappa shape index (κ2) is 20.1. The number of esters is 1. The maximum Gasteiger partial charge on any atom is 0.338 e. The minimum atomic E-state index is -4.45. The second-order valence-electron chi connectivity index (χ2n) is 16.3. The van der Waals surface area contributed by atoms with Gasteiger partial charge in [0.15, 0.2) is 36.0 Å². The smallest absolute Gasteiger partial charge is 0.338 e. The van der Waals surface area contributed by atoms with E-state index >= 15 is 8.78 Å². The molecule has 8 heterocycles. The number of rotatable bonds is 10. The molecule has 10 rings (SSSR count). The Balaban J connectivity index is 0.927. The first-order valence-electron chi connectivity index (χ1n) is 21.8. The molecule has 4 aliphatic heterocycles. The van der Waals surface area contributed by atoms with Gasteiger partial charge in [-0.05, 0) is 66.3 Å². The van der Waals surface area contributed by atoms with Crippen molar-refractivity contribution < 1.29 is 60.1 Å². The zero-order valence-corrected chi connectivity index (χ0v) is 39.9. The molecule has 21 nitrogen and oxygen atoms in total. The molecule has 0 spiro atoms. The third-order valence-electron chi connectivity index (χ3n) is 12.0. The van der Waals surface area contributed by atoms with Gasteiger partial charge in [-0.15, -0.1) is 0 Å². The average Bonchev–Trinajstić information content (AvgIpc) is 4.08. The van der Waals surface area contributed by atoms with E-state index in [0.29, 0.717) is 41.7 Å². The lowest BCUT2D eigenvalue weighted by molar-refractivity contribution is -0.0613. The lowest BCUT2D eigenvalue weighted by Crippen LogP contribution is -2.34. The summed E-state index contributed by atoms with van der Waals surface area (Å²) in [6.45, 7) is -3.00. The summed E-state index contributed by atoms with van der Waals surface area (Å²) < 4.78 is 85.4. The molecule has 4 aliphatic rings. The van der Waals surface area contributed by atoms with E-state index in [1.54, 1.807) is 65.7 Å². The third-order valence-corrected chi connectivity index (χ3v) is 15.9. The largest absolute Gasteiger partial charge is 0.460 e. The fourth-order valence-electron chi connectivity index (χ4n) is 8.69. The standard InChI is InChI=1S/C43H41F2N9O12P2S2/c1-46-14-17-60-68(70)62-21-29-34(32(45)41(64-29)53-19-27-13-8-15-52(36-30(27)37(53)48-22-47-36)39(55)25-9-4-2-5-10-25)65-67(58,69)61-20-28-31(44)35(66-68)42(63-28)54-24-49-33-38(54)50-23-51(40(33)56)16-18-59-43(57)26-11-6-3-7-12-26/h2-7,9-12,19,22-24,28-29,31-32,34-35,41-42H,8,13-18,20-21H2,(H,58,69)/t28-,29-,31-,32-,34-,35-,41-,42-,67?,68?/m1/s1. The van der Waals surface area contributed by atoms with E-state index in [1.165, 1.54) is 32.7 Å². The zero-order chi connectivity index (χ0) is 48.7. The quantitative estimate of drug-likeness (QED) is 0.0811. The van der Waals surface area contributed by atoms with Gasteiger partial charge in [0.1, 0.15) is 61.7 Å². The molecule has 6 aromatic rings. The van der Waals surface area contributed by atoms with E-state index in [1.807, 2.05) is 6.07 Å². The lowest BCUT2D eigenvalue weighted by Gasteiger charge is -2.29. The molecular formula is C43H41F2N9O12P2S2. The Hall–Kier alpha value is -5.32. The van der Waals surface area contributed by atoms with Gasteiger partial charge in [0, 0.05) is 18.3 Å². The Morgan fingerprint density at radius 3 is 2.37 bits per heavy atom. The molecule has 4 aromatic heterocycles. The Kier molecular flexibility index (Phi) is 13.8. The topological polar surface area (TPSA) is 219 Å². The van der Waals surface area contributed by atoms with Crippen molar-refractivity contribution in [1.29, 1.82) is 0 Å². The van der Waals surface area contributed by atoms with Gasteiger partial charge in [0.05, 0.1) is 37.0 Å². The number of aryl methyl sites for hydroxylation is 1. The number of fused-ring (bicyclic) bond motifs is 4.